The van der Waals surface area contributed by atoms with Crippen LogP contribution < -0.4 is 0 Å². The molecule has 0 spiro atoms. The first-order chi connectivity index (χ1) is 9.74. The number of para-hydroxylation sites is 1. The van der Waals surface area contributed by atoms with Crippen LogP contribution in [-0.2, 0) is 17.8 Å². The van der Waals surface area contributed by atoms with Crippen LogP contribution in [0.5, 0.6) is 0 Å². The Hall–Kier alpha value is -2.69. The average Bonchev–Trinajstić information content (AvgIpc) is 2.78. The second-order valence-corrected chi connectivity index (χ2v) is 4.53. The van der Waals surface area contributed by atoms with Gasteiger partial charge in [-0.05, 0) is 17.7 Å². The molecule has 20 heavy (non-hydrogen) atoms. The first-order valence-corrected chi connectivity index (χ1v) is 6.28. The summed E-state index contributed by atoms with van der Waals surface area (Å²) in [4.78, 5) is 19.4. The zero-order chi connectivity index (χ0) is 13.9. The number of carboxylic acids is 1. The van der Waals surface area contributed by atoms with E-state index in [-0.39, 0.29) is 6.42 Å². The van der Waals surface area contributed by atoms with Crippen molar-refractivity contribution in [1.82, 2.24) is 14.5 Å². The Balaban J connectivity index is 2.04. The summed E-state index contributed by atoms with van der Waals surface area (Å²) in [5, 5.41) is 9.96. The number of hydrogen-bond donors (Lipinski definition) is 1. The van der Waals surface area contributed by atoms with Gasteiger partial charge in [-0.25, -0.2) is 9.97 Å². The van der Waals surface area contributed by atoms with Crippen LogP contribution in [0.4, 0.5) is 0 Å². The summed E-state index contributed by atoms with van der Waals surface area (Å²) in [6.07, 6.45) is 5.29. The molecule has 3 aromatic rings. The maximum Gasteiger partial charge on any atom is 0.307 e. The van der Waals surface area contributed by atoms with E-state index in [2.05, 4.69) is 9.97 Å². The Morgan fingerprint density at radius 1 is 1.15 bits per heavy atom. The van der Waals surface area contributed by atoms with Gasteiger partial charge in [0.2, 0.25) is 0 Å². The monoisotopic (exact) mass is 267 g/mol. The fourth-order valence-corrected chi connectivity index (χ4v) is 2.32. The van der Waals surface area contributed by atoms with Crippen molar-refractivity contribution in [3.63, 3.8) is 0 Å². The second kappa shape index (κ2) is 5.13. The molecule has 0 radical (unpaired) electrons. The van der Waals surface area contributed by atoms with Gasteiger partial charge in [0.25, 0.3) is 0 Å². The molecule has 0 unspecified atom stereocenters. The number of benzene rings is 1. The molecule has 1 aromatic carbocycles. The van der Waals surface area contributed by atoms with Crippen LogP contribution in [0.3, 0.4) is 0 Å². The summed E-state index contributed by atoms with van der Waals surface area (Å²) < 4.78 is 1.99. The number of aromatic nitrogens is 3. The van der Waals surface area contributed by atoms with Crippen LogP contribution >= 0.6 is 0 Å². The van der Waals surface area contributed by atoms with E-state index in [1.165, 1.54) is 0 Å². The topological polar surface area (TPSA) is 68.0 Å². The Morgan fingerprint density at radius 2 is 1.90 bits per heavy atom. The molecular weight excluding hydrogens is 254 g/mol. The second-order valence-electron chi connectivity index (χ2n) is 4.53. The summed E-state index contributed by atoms with van der Waals surface area (Å²) in [5.41, 5.74) is 1.81. The van der Waals surface area contributed by atoms with Gasteiger partial charge in [-0.2, -0.15) is 0 Å². The van der Waals surface area contributed by atoms with Gasteiger partial charge in [0.15, 0.2) is 0 Å². The standard InChI is InChI=1S/C15H13N3O2/c19-15(20)8-11-9-18(10-14-16-6-3-7-17-14)13-5-2-1-4-12(11)13/h1-7,9H,8,10H2,(H,19,20). The molecule has 0 aliphatic carbocycles. The lowest BCUT2D eigenvalue weighted by Crippen LogP contribution is -2.03. The summed E-state index contributed by atoms with van der Waals surface area (Å²) in [6.45, 7) is 0.529. The van der Waals surface area contributed by atoms with Crippen LogP contribution in [0.15, 0.2) is 48.9 Å². The van der Waals surface area contributed by atoms with Gasteiger partial charge in [-0.1, -0.05) is 18.2 Å². The quantitative estimate of drug-likeness (QED) is 0.786. The third-order valence-corrected chi connectivity index (χ3v) is 3.14. The molecule has 100 valence electrons. The zero-order valence-electron chi connectivity index (χ0n) is 10.7. The molecule has 0 fully saturated rings. The van der Waals surface area contributed by atoms with Crippen LogP contribution in [-0.4, -0.2) is 25.6 Å². The molecule has 3 rings (SSSR count). The third kappa shape index (κ3) is 2.38. The highest BCUT2D eigenvalue weighted by molar-refractivity contribution is 5.87. The predicted molar refractivity (Wildman–Crippen MR) is 74.4 cm³/mol. The van der Waals surface area contributed by atoms with E-state index in [1.54, 1.807) is 18.5 Å². The molecule has 2 heterocycles. The Labute approximate surface area is 115 Å². The minimum absolute atomic E-state index is 0.0170. The van der Waals surface area contributed by atoms with Gasteiger partial charge in [-0.15, -0.1) is 0 Å². The Morgan fingerprint density at radius 3 is 2.65 bits per heavy atom. The van der Waals surface area contributed by atoms with Gasteiger partial charge in [0, 0.05) is 29.5 Å². The summed E-state index contributed by atoms with van der Waals surface area (Å²) in [5.74, 6) is -0.126. The molecule has 5 heteroatoms. The fraction of sp³-hybridized carbons (Fsp3) is 0.133. The number of fused-ring (bicyclic) bond motifs is 1. The van der Waals surface area contributed by atoms with Crippen molar-refractivity contribution in [2.24, 2.45) is 0 Å². The van der Waals surface area contributed by atoms with E-state index in [1.807, 2.05) is 35.0 Å². The van der Waals surface area contributed by atoms with Gasteiger partial charge in [0.1, 0.15) is 5.82 Å². The normalized spacial score (nSPS) is 10.8. The van der Waals surface area contributed by atoms with E-state index in [0.717, 1.165) is 16.5 Å². The van der Waals surface area contributed by atoms with Gasteiger partial charge >= 0.3 is 5.97 Å². The minimum Gasteiger partial charge on any atom is -0.481 e. The third-order valence-electron chi connectivity index (χ3n) is 3.14. The highest BCUT2D eigenvalue weighted by atomic mass is 16.4. The van der Waals surface area contributed by atoms with Crippen molar-refractivity contribution in [2.75, 3.05) is 0 Å². The molecule has 0 saturated heterocycles. The Bertz CT molecular complexity index is 750. The van der Waals surface area contributed by atoms with Gasteiger partial charge in [-0.3, -0.25) is 4.79 Å². The zero-order valence-corrected chi connectivity index (χ0v) is 10.7. The lowest BCUT2D eigenvalue weighted by Gasteiger charge is -2.03. The fourth-order valence-electron chi connectivity index (χ4n) is 2.32. The Kier molecular flexibility index (Phi) is 3.16. The van der Waals surface area contributed by atoms with E-state index in [9.17, 15) is 4.79 Å². The smallest absolute Gasteiger partial charge is 0.307 e. The summed E-state index contributed by atoms with van der Waals surface area (Å²) in [7, 11) is 0. The lowest BCUT2D eigenvalue weighted by atomic mass is 10.1. The molecule has 0 amide bonds. The first kappa shape index (κ1) is 12.3. The molecule has 2 aromatic heterocycles. The number of aliphatic carboxylic acids is 1. The molecule has 0 bridgehead atoms. The summed E-state index contributed by atoms with van der Waals surface area (Å²) >= 11 is 0. The van der Waals surface area contributed by atoms with Crippen molar-refractivity contribution in [3.05, 3.63) is 60.3 Å². The highest BCUT2D eigenvalue weighted by Crippen LogP contribution is 2.22. The SMILES string of the molecule is O=C(O)Cc1cn(Cc2ncccn2)c2ccccc12. The number of carbonyl (C=O) groups is 1. The molecule has 0 aliphatic rings. The lowest BCUT2D eigenvalue weighted by molar-refractivity contribution is -0.136. The van der Waals surface area contributed by atoms with E-state index < -0.39 is 5.97 Å². The first-order valence-electron chi connectivity index (χ1n) is 6.28. The van der Waals surface area contributed by atoms with Crippen LogP contribution in [0.2, 0.25) is 0 Å². The van der Waals surface area contributed by atoms with Crippen LogP contribution in [0, 0.1) is 0 Å². The maximum atomic E-state index is 10.9. The van der Waals surface area contributed by atoms with Gasteiger partial charge in [0.05, 0.1) is 13.0 Å². The molecular formula is C15H13N3O2. The van der Waals surface area contributed by atoms with Crippen molar-refractivity contribution in [3.8, 4) is 0 Å². The van der Waals surface area contributed by atoms with Gasteiger partial charge < -0.3 is 9.67 Å². The maximum absolute atomic E-state index is 10.9. The van der Waals surface area contributed by atoms with Crippen molar-refractivity contribution in [1.29, 1.82) is 0 Å². The molecule has 0 atom stereocenters. The minimum atomic E-state index is -0.830. The molecule has 5 nitrogen and oxygen atoms in total. The largest absolute Gasteiger partial charge is 0.481 e. The molecule has 0 aliphatic heterocycles. The number of hydrogen-bond acceptors (Lipinski definition) is 3. The van der Waals surface area contributed by atoms with Crippen LogP contribution in [0.25, 0.3) is 10.9 Å². The van der Waals surface area contributed by atoms with E-state index in [0.29, 0.717) is 12.4 Å². The van der Waals surface area contributed by atoms with E-state index >= 15 is 0 Å². The van der Waals surface area contributed by atoms with Crippen molar-refractivity contribution < 1.29 is 9.90 Å². The number of carboxylic acid groups (broad SMARTS) is 1. The van der Waals surface area contributed by atoms with Crippen LogP contribution in [0.1, 0.15) is 11.4 Å². The van der Waals surface area contributed by atoms with Crippen molar-refractivity contribution >= 4 is 16.9 Å². The summed E-state index contributed by atoms with van der Waals surface area (Å²) in [6, 6.07) is 9.54. The molecule has 1 N–H and O–H groups in total. The molecule has 0 saturated carbocycles. The highest BCUT2D eigenvalue weighted by Gasteiger charge is 2.11. The number of rotatable bonds is 4. The average molecular weight is 267 g/mol. The predicted octanol–water partition coefficient (Wildman–Crippen LogP) is 2.11. The number of nitrogens with zero attached hydrogens (tertiary/aromatic N) is 3. The van der Waals surface area contributed by atoms with Crippen molar-refractivity contribution in [2.45, 2.75) is 13.0 Å². The van der Waals surface area contributed by atoms with E-state index in [4.69, 9.17) is 5.11 Å².